The van der Waals surface area contributed by atoms with Crippen LogP contribution in [0.5, 0.6) is 0 Å². The molecule has 0 radical (unpaired) electrons. The zero-order valence-corrected chi connectivity index (χ0v) is 11.4. The van der Waals surface area contributed by atoms with Gasteiger partial charge in [0.1, 0.15) is 0 Å². The molecule has 0 aliphatic carbocycles. The van der Waals surface area contributed by atoms with E-state index < -0.39 is 0 Å². The standard InChI is InChI=1S/C14H15N5O/c1-4-9-18-10-7-5-6-8-11(10)19-13(18)16-12(15-2)17(3)14(19)20/h4-8H,1,9H2,2-3H3. The predicted octanol–water partition coefficient (Wildman–Crippen LogP) is 0.704. The lowest BCUT2D eigenvalue weighted by Gasteiger charge is -2.03. The SMILES string of the molecule is C=CCn1c2ccccc2n2c(=O)n(C)c(=NC)nc12. The molecule has 0 unspecified atom stereocenters. The molecule has 2 heterocycles. The summed E-state index contributed by atoms with van der Waals surface area (Å²) in [4.78, 5) is 21.1. The van der Waals surface area contributed by atoms with Crippen molar-refractivity contribution in [1.29, 1.82) is 0 Å². The van der Waals surface area contributed by atoms with Gasteiger partial charge in [0.25, 0.3) is 0 Å². The number of allylic oxidation sites excluding steroid dienone is 1. The van der Waals surface area contributed by atoms with E-state index >= 15 is 0 Å². The normalized spacial score (nSPS) is 12.4. The average molecular weight is 269 g/mol. The van der Waals surface area contributed by atoms with Crippen molar-refractivity contribution in [3.63, 3.8) is 0 Å². The second-order valence-corrected chi connectivity index (χ2v) is 4.50. The van der Waals surface area contributed by atoms with E-state index in [2.05, 4.69) is 16.6 Å². The van der Waals surface area contributed by atoms with Gasteiger partial charge in [0.15, 0.2) is 0 Å². The molecule has 0 saturated carbocycles. The Kier molecular flexibility index (Phi) is 2.78. The maximum atomic E-state index is 12.5. The lowest BCUT2D eigenvalue weighted by atomic mass is 10.3. The third-order valence-corrected chi connectivity index (χ3v) is 3.34. The maximum absolute atomic E-state index is 12.5. The Morgan fingerprint density at radius 1 is 1.35 bits per heavy atom. The van der Waals surface area contributed by atoms with Crippen LogP contribution in [0.25, 0.3) is 16.8 Å². The van der Waals surface area contributed by atoms with Gasteiger partial charge in [-0.2, -0.15) is 4.98 Å². The predicted molar refractivity (Wildman–Crippen MR) is 77.6 cm³/mol. The van der Waals surface area contributed by atoms with Crippen molar-refractivity contribution in [1.82, 2.24) is 18.5 Å². The lowest BCUT2D eigenvalue weighted by molar-refractivity contribution is 0.688. The fourth-order valence-corrected chi connectivity index (χ4v) is 2.43. The number of rotatable bonds is 2. The van der Waals surface area contributed by atoms with Gasteiger partial charge in [-0.05, 0) is 12.1 Å². The van der Waals surface area contributed by atoms with E-state index in [1.165, 1.54) is 4.57 Å². The molecule has 6 nitrogen and oxygen atoms in total. The van der Waals surface area contributed by atoms with Crippen LogP contribution < -0.4 is 11.3 Å². The molecule has 0 amide bonds. The van der Waals surface area contributed by atoms with Gasteiger partial charge in [-0.25, -0.2) is 9.20 Å². The van der Waals surface area contributed by atoms with E-state index in [1.54, 1.807) is 24.6 Å². The van der Waals surface area contributed by atoms with Crippen LogP contribution in [0.1, 0.15) is 0 Å². The van der Waals surface area contributed by atoms with Crippen LogP contribution >= 0.6 is 0 Å². The van der Waals surface area contributed by atoms with Crippen molar-refractivity contribution >= 4 is 16.8 Å². The Morgan fingerprint density at radius 3 is 2.70 bits per heavy atom. The molecule has 0 aliphatic rings. The molecule has 0 saturated heterocycles. The van der Waals surface area contributed by atoms with Gasteiger partial charge in [0.05, 0.1) is 11.0 Å². The summed E-state index contributed by atoms with van der Waals surface area (Å²) >= 11 is 0. The molecular formula is C14H15N5O. The molecule has 0 aliphatic heterocycles. The van der Waals surface area contributed by atoms with Gasteiger partial charge in [-0.1, -0.05) is 18.2 Å². The monoisotopic (exact) mass is 269 g/mol. The van der Waals surface area contributed by atoms with Gasteiger partial charge in [-0.3, -0.25) is 9.56 Å². The summed E-state index contributed by atoms with van der Waals surface area (Å²) in [5.41, 5.74) is 2.03. The topological polar surface area (TPSA) is 56.6 Å². The minimum Gasteiger partial charge on any atom is -0.306 e. The van der Waals surface area contributed by atoms with Crippen molar-refractivity contribution in [2.45, 2.75) is 6.54 Å². The molecule has 0 fully saturated rings. The molecule has 3 rings (SSSR count). The summed E-state index contributed by atoms with van der Waals surface area (Å²) in [5, 5.41) is 0. The maximum Gasteiger partial charge on any atom is 0.338 e. The van der Waals surface area contributed by atoms with E-state index in [4.69, 9.17) is 0 Å². The number of para-hydroxylation sites is 2. The first-order valence-electron chi connectivity index (χ1n) is 6.29. The van der Waals surface area contributed by atoms with Gasteiger partial charge < -0.3 is 4.57 Å². The summed E-state index contributed by atoms with van der Waals surface area (Å²) in [5.74, 6) is 0.579. The fraction of sp³-hybridized carbons (Fsp3) is 0.214. The zero-order chi connectivity index (χ0) is 14.3. The largest absolute Gasteiger partial charge is 0.338 e. The van der Waals surface area contributed by atoms with E-state index in [-0.39, 0.29) is 5.69 Å². The molecule has 2 aromatic heterocycles. The van der Waals surface area contributed by atoms with E-state index in [0.717, 1.165) is 11.0 Å². The van der Waals surface area contributed by atoms with Crippen LogP contribution in [0.15, 0.2) is 46.7 Å². The van der Waals surface area contributed by atoms with Gasteiger partial charge in [-0.15, -0.1) is 6.58 Å². The number of hydrogen-bond acceptors (Lipinski definition) is 3. The summed E-state index contributed by atoms with van der Waals surface area (Å²) in [6.07, 6.45) is 1.79. The highest BCUT2D eigenvalue weighted by atomic mass is 16.1. The molecule has 0 bridgehead atoms. The fourth-order valence-electron chi connectivity index (χ4n) is 2.43. The van der Waals surface area contributed by atoms with Crippen molar-refractivity contribution in [2.75, 3.05) is 7.05 Å². The minimum absolute atomic E-state index is 0.158. The number of fused-ring (bicyclic) bond motifs is 3. The van der Waals surface area contributed by atoms with Crippen LogP contribution in [-0.2, 0) is 13.6 Å². The van der Waals surface area contributed by atoms with Crippen LogP contribution in [0.4, 0.5) is 0 Å². The van der Waals surface area contributed by atoms with Crippen molar-refractivity contribution in [2.24, 2.45) is 12.0 Å². The van der Waals surface area contributed by atoms with Crippen LogP contribution in [-0.4, -0.2) is 25.6 Å². The van der Waals surface area contributed by atoms with Crippen molar-refractivity contribution in [3.8, 4) is 0 Å². The first-order chi connectivity index (χ1) is 9.69. The van der Waals surface area contributed by atoms with E-state index in [0.29, 0.717) is 17.9 Å². The number of aromatic nitrogens is 4. The molecule has 0 atom stereocenters. The summed E-state index contributed by atoms with van der Waals surface area (Å²) in [6, 6.07) is 7.73. The highest BCUT2D eigenvalue weighted by Gasteiger charge is 2.13. The molecule has 20 heavy (non-hydrogen) atoms. The Bertz CT molecular complexity index is 942. The summed E-state index contributed by atoms with van der Waals surface area (Å²) in [7, 11) is 3.29. The van der Waals surface area contributed by atoms with E-state index in [1.807, 2.05) is 28.8 Å². The second kappa shape index (κ2) is 4.48. The molecular weight excluding hydrogens is 254 g/mol. The van der Waals surface area contributed by atoms with E-state index in [9.17, 15) is 4.79 Å². The third-order valence-electron chi connectivity index (χ3n) is 3.34. The van der Waals surface area contributed by atoms with Gasteiger partial charge in [0, 0.05) is 20.6 Å². The summed E-state index contributed by atoms with van der Waals surface area (Å²) < 4.78 is 5.00. The second-order valence-electron chi connectivity index (χ2n) is 4.50. The summed E-state index contributed by atoms with van der Waals surface area (Å²) in [6.45, 7) is 4.35. The highest BCUT2D eigenvalue weighted by Crippen LogP contribution is 2.17. The number of nitrogens with zero attached hydrogens (tertiary/aromatic N) is 5. The average Bonchev–Trinajstić information content (AvgIpc) is 2.78. The lowest BCUT2D eigenvalue weighted by Crippen LogP contribution is -2.38. The van der Waals surface area contributed by atoms with Crippen LogP contribution in [0.2, 0.25) is 0 Å². The molecule has 1 aromatic carbocycles. The Morgan fingerprint density at radius 2 is 2.05 bits per heavy atom. The molecule has 0 N–H and O–H groups in total. The third kappa shape index (κ3) is 1.54. The zero-order valence-electron chi connectivity index (χ0n) is 11.4. The number of imidazole rings is 1. The molecule has 3 aromatic rings. The molecule has 102 valence electrons. The minimum atomic E-state index is -0.158. The Hall–Kier alpha value is -2.63. The van der Waals surface area contributed by atoms with Gasteiger partial charge >= 0.3 is 5.69 Å². The highest BCUT2D eigenvalue weighted by molar-refractivity contribution is 5.80. The molecule has 6 heteroatoms. The Balaban J connectivity index is 2.67. The first kappa shape index (κ1) is 12.4. The van der Waals surface area contributed by atoms with Crippen LogP contribution in [0, 0.1) is 0 Å². The smallest absolute Gasteiger partial charge is 0.306 e. The molecule has 0 spiro atoms. The first-order valence-corrected chi connectivity index (χ1v) is 6.29. The van der Waals surface area contributed by atoms with Crippen molar-refractivity contribution in [3.05, 3.63) is 53.0 Å². The number of hydrogen-bond donors (Lipinski definition) is 0. The van der Waals surface area contributed by atoms with Crippen LogP contribution in [0.3, 0.4) is 0 Å². The Labute approximate surface area is 115 Å². The number of benzene rings is 1. The van der Waals surface area contributed by atoms with Crippen molar-refractivity contribution < 1.29 is 0 Å². The quantitative estimate of drug-likeness (QED) is 0.643. The van der Waals surface area contributed by atoms with Gasteiger partial charge in [0.2, 0.25) is 11.4 Å².